The minimum Gasteiger partial charge on any atom is -0.0622 e. The van der Waals surface area contributed by atoms with Crippen LogP contribution in [0.25, 0.3) is 22.9 Å². The van der Waals surface area contributed by atoms with Gasteiger partial charge in [0.25, 0.3) is 0 Å². The van der Waals surface area contributed by atoms with Gasteiger partial charge in [-0.25, -0.2) is 0 Å². The largest absolute Gasteiger partial charge is 0.0622 e. The Morgan fingerprint density at radius 1 is 0.550 bits per heavy atom. The molecule has 0 aliphatic carbocycles. The predicted octanol–water partition coefficient (Wildman–Crippen LogP) is 5.57. The van der Waals surface area contributed by atoms with Crippen LogP contribution in [0.2, 0.25) is 0 Å². The Kier molecular flexibility index (Phi) is 3.75. The van der Waals surface area contributed by atoms with E-state index in [1.165, 1.54) is 21.9 Å². The van der Waals surface area contributed by atoms with Gasteiger partial charge in [-0.05, 0) is 21.9 Å². The second kappa shape index (κ2) is 6.03. The van der Waals surface area contributed by atoms with Crippen LogP contribution < -0.4 is 0 Å². The Balaban J connectivity index is 1.83. The van der Waals surface area contributed by atoms with Crippen LogP contribution in [0.3, 0.4) is 0 Å². The highest BCUT2D eigenvalue weighted by atomic mass is 14.0. The van der Waals surface area contributed by atoms with Crippen molar-refractivity contribution in [1.29, 1.82) is 0 Å². The topological polar surface area (TPSA) is 0 Å². The number of allylic oxidation sites excluding steroid dienone is 2. The van der Waals surface area contributed by atoms with Crippen LogP contribution in [0.1, 0.15) is 11.1 Å². The van der Waals surface area contributed by atoms with Crippen molar-refractivity contribution >= 4 is 22.9 Å². The first-order chi connectivity index (χ1) is 9.93. The highest BCUT2D eigenvalue weighted by Gasteiger charge is 1.95. The predicted molar refractivity (Wildman–Crippen MR) is 88.5 cm³/mol. The summed E-state index contributed by atoms with van der Waals surface area (Å²) in [7, 11) is 0. The molecule has 0 aliphatic rings. The Morgan fingerprint density at radius 2 is 1.25 bits per heavy atom. The Labute approximate surface area is 119 Å². The second-order valence-electron chi connectivity index (χ2n) is 4.70. The molecule has 0 aliphatic heterocycles. The third kappa shape index (κ3) is 2.86. The quantitative estimate of drug-likeness (QED) is 0.538. The van der Waals surface area contributed by atoms with E-state index in [0.717, 1.165) is 0 Å². The summed E-state index contributed by atoms with van der Waals surface area (Å²) in [5.74, 6) is 0. The van der Waals surface area contributed by atoms with Crippen molar-refractivity contribution in [2.45, 2.75) is 0 Å². The summed E-state index contributed by atoms with van der Waals surface area (Å²) in [5, 5.41) is 2.57. The molecule has 0 amide bonds. The van der Waals surface area contributed by atoms with E-state index < -0.39 is 0 Å². The molecule has 0 saturated carbocycles. The normalized spacial score (nSPS) is 11.6. The number of hydrogen-bond acceptors (Lipinski definition) is 0. The Hall–Kier alpha value is -2.60. The monoisotopic (exact) mass is 256 g/mol. The maximum Gasteiger partial charge on any atom is -0.0111 e. The molecule has 0 nitrogen and oxygen atoms in total. The summed E-state index contributed by atoms with van der Waals surface area (Å²) in [6.45, 7) is 0. The van der Waals surface area contributed by atoms with Gasteiger partial charge in [0.05, 0.1) is 0 Å². The van der Waals surface area contributed by atoms with Gasteiger partial charge in [0, 0.05) is 0 Å². The maximum atomic E-state index is 2.16. The van der Waals surface area contributed by atoms with Gasteiger partial charge in [-0.2, -0.15) is 0 Å². The van der Waals surface area contributed by atoms with E-state index in [1.807, 2.05) is 18.2 Å². The molecule has 0 atom stereocenters. The molecule has 0 bridgehead atoms. The third-order valence-corrected chi connectivity index (χ3v) is 3.30. The van der Waals surface area contributed by atoms with Crippen LogP contribution in [0, 0.1) is 0 Å². The summed E-state index contributed by atoms with van der Waals surface area (Å²) in [6, 6.07) is 25.2. The zero-order valence-electron chi connectivity index (χ0n) is 11.2. The van der Waals surface area contributed by atoms with E-state index in [9.17, 15) is 0 Å². The van der Waals surface area contributed by atoms with Gasteiger partial charge >= 0.3 is 0 Å². The summed E-state index contributed by atoms with van der Waals surface area (Å²) >= 11 is 0. The highest BCUT2D eigenvalue weighted by molar-refractivity contribution is 5.90. The molecule has 0 heterocycles. The van der Waals surface area contributed by atoms with Gasteiger partial charge in [0.1, 0.15) is 0 Å². The molecule has 0 heteroatoms. The van der Waals surface area contributed by atoms with Crippen molar-refractivity contribution in [3.8, 4) is 0 Å². The van der Waals surface area contributed by atoms with Crippen LogP contribution in [0.4, 0.5) is 0 Å². The molecule has 0 unspecified atom stereocenters. The molecule has 0 saturated heterocycles. The lowest BCUT2D eigenvalue weighted by atomic mass is 10.0. The first kappa shape index (κ1) is 12.4. The summed E-state index contributed by atoms with van der Waals surface area (Å²) < 4.78 is 0. The second-order valence-corrected chi connectivity index (χ2v) is 4.70. The smallest absolute Gasteiger partial charge is 0.0111 e. The number of hydrogen-bond donors (Lipinski definition) is 0. The van der Waals surface area contributed by atoms with Gasteiger partial charge in [0.15, 0.2) is 0 Å². The summed E-state index contributed by atoms with van der Waals surface area (Å²) in [6.07, 6.45) is 8.44. The minimum atomic E-state index is 1.22. The molecule has 0 aromatic heterocycles. The van der Waals surface area contributed by atoms with Crippen molar-refractivity contribution in [1.82, 2.24) is 0 Å². The van der Waals surface area contributed by atoms with Gasteiger partial charge in [-0.15, -0.1) is 0 Å². The van der Waals surface area contributed by atoms with Crippen LogP contribution in [-0.2, 0) is 0 Å². The van der Waals surface area contributed by atoms with Crippen molar-refractivity contribution in [2.24, 2.45) is 0 Å². The Bertz CT molecular complexity index is 744. The number of rotatable bonds is 3. The van der Waals surface area contributed by atoms with Crippen molar-refractivity contribution in [3.63, 3.8) is 0 Å². The zero-order valence-corrected chi connectivity index (χ0v) is 11.2. The number of fused-ring (bicyclic) bond motifs is 1. The lowest BCUT2D eigenvalue weighted by Crippen LogP contribution is -1.76. The molecule has 3 rings (SSSR count). The van der Waals surface area contributed by atoms with Gasteiger partial charge in [-0.3, -0.25) is 0 Å². The van der Waals surface area contributed by atoms with E-state index in [4.69, 9.17) is 0 Å². The molecular weight excluding hydrogens is 240 g/mol. The van der Waals surface area contributed by atoms with Crippen LogP contribution in [0.5, 0.6) is 0 Å². The van der Waals surface area contributed by atoms with Crippen LogP contribution >= 0.6 is 0 Å². The number of benzene rings is 3. The third-order valence-electron chi connectivity index (χ3n) is 3.30. The standard InChI is InChI=1S/C20H16/c1-2-9-17(10-3-1)11-4-5-12-18-14-8-15-19-13-6-7-16-20(18)19/h1-16H. The van der Waals surface area contributed by atoms with Gasteiger partial charge in [-0.1, -0.05) is 97.1 Å². The van der Waals surface area contributed by atoms with E-state index >= 15 is 0 Å². The van der Waals surface area contributed by atoms with Gasteiger partial charge in [0.2, 0.25) is 0 Å². The molecule has 96 valence electrons. The first-order valence-electron chi connectivity index (χ1n) is 6.81. The van der Waals surface area contributed by atoms with Crippen molar-refractivity contribution < 1.29 is 0 Å². The maximum absolute atomic E-state index is 2.16. The van der Waals surface area contributed by atoms with Crippen molar-refractivity contribution in [3.05, 3.63) is 96.1 Å². The lowest BCUT2D eigenvalue weighted by molar-refractivity contribution is 1.66. The molecule has 0 fully saturated rings. The summed E-state index contributed by atoms with van der Waals surface area (Å²) in [5.41, 5.74) is 2.47. The average Bonchev–Trinajstić information content (AvgIpc) is 2.53. The molecule has 3 aromatic rings. The van der Waals surface area contributed by atoms with E-state index in [0.29, 0.717) is 0 Å². The lowest BCUT2D eigenvalue weighted by Gasteiger charge is -2.00. The SMILES string of the molecule is C(C=Cc1cccc2ccccc12)=Cc1ccccc1. The zero-order chi connectivity index (χ0) is 13.6. The first-order valence-corrected chi connectivity index (χ1v) is 6.81. The van der Waals surface area contributed by atoms with Crippen LogP contribution in [0.15, 0.2) is 84.9 Å². The fraction of sp³-hybridized carbons (Fsp3) is 0. The van der Waals surface area contributed by atoms with Gasteiger partial charge < -0.3 is 0 Å². The molecular formula is C20H16. The van der Waals surface area contributed by atoms with Crippen molar-refractivity contribution in [2.75, 3.05) is 0 Å². The molecule has 3 aromatic carbocycles. The average molecular weight is 256 g/mol. The fourth-order valence-electron chi connectivity index (χ4n) is 2.29. The minimum absolute atomic E-state index is 1.22. The van der Waals surface area contributed by atoms with E-state index in [-0.39, 0.29) is 0 Å². The van der Waals surface area contributed by atoms with Crippen LogP contribution in [-0.4, -0.2) is 0 Å². The molecule has 20 heavy (non-hydrogen) atoms. The van der Waals surface area contributed by atoms with E-state index in [1.54, 1.807) is 0 Å². The molecule has 0 N–H and O–H groups in total. The summed E-state index contributed by atoms with van der Waals surface area (Å²) in [4.78, 5) is 0. The van der Waals surface area contributed by atoms with E-state index in [2.05, 4.69) is 78.9 Å². The highest BCUT2D eigenvalue weighted by Crippen LogP contribution is 2.19. The molecule has 0 radical (unpaired) electrons. The fourth-order valence-corrected chi connectivity index (χ4v) is 2.29. The molecule has 0 spiro atoms. The Morgan fingerprint density at radius 3 is 2.15 bits per heavy atom.